The van der Waals surface area contributed by atoms with Gasteiger partial charge in [-0.1, -0.05) is 0 Å². The average molecular weight is 319 g/mol. The third-order valence-corrected chi connectivity index (χ3v) is 3.27. The Morgan fingerprint density at radius 3 is 2.38 bits per heavy atom. The lowest BCUT2D eigenvalue weighted by molar-refractivity contribution is -0.138. The van der Waals surface area contributed by atoms with Crippen LogP contribution in [-0.2, 0) is 19.2 Å². The molecule has 0 spiro atoms. The molecule has 2 atom stereocenters. The van der Waals surface area contributed by atoms with E-state index >= 15 is 0 Å². The Balaban J connectivity index is 4.35. The van der Waals surface area contributed by atoms with Gasteiger partial charge in [0.1, 0.15) is 18.4 Å². The van der Waals surface area contributed by atoms with Crippen molar-refractivity contribution in [1.29, 1.82) is 0 Å². The molecule has 0 heterocycles. The zero-order valence-corrected chi connectivity index (χ0v) is 12.9. The molecule has 0 aromatic rings. The molecule has 0 aliphatic rings. The van der Waals surface area contributed by atoms with E-state index in [2.05, 4.69) is 10.6 Å². The number of ketones is 1. The number of nitrogens with one attached hydrogen (secondary N) is 2. The Kier molecular flexibility index (Phi) is 9.39. The fourth-order valence-corrected chi connectivity index (χ4v) is 1.96. The standard InChI is InChI=1S/C12H21N3O5S/c1-7(16)8(13)3-4-10(17)15-9(6-21-2)12(20)14-5-11(18)19/h8-9H,3-6,13H2,1-2H3,(H,14,20)(H,15,17)(H,18,19). The number of Topliss-reactive ketones (excluding diaryl/α,β-unsaturated/α-hetero) is 1. The van der Waals surface area contributed by atoms with Gasteiger partial charge in [-0.2, -0.15) is 11.8 Å². The van der Waals surface area contributed by atoms with Crippen LogP contribution in [0.4, 0.5) is 0 Å². The molecule has 2 amide bonds. The number of hydrogen-bond donors (Lipinski definition) is 4. The molecule has 0 radical (unpaired) electrons. The summed E-state index contributed by atoms with van der Waals surface area (Å²) in [5.41, 5.74) is 5.52. The maximum atomic E-state index is 11.7. The first-order valence-corrected chi connectivity index (χ1v) is 7.71. The molecule has 8 nitrogen and oxygen atoms in total. The van der Waals surface area contributed by atoms with Crippen LogP contribution in [0.2, 0.25) is 0 Å². The zero-order chi connectivity index (χ0) is 16.4. The van der Waals surface area contributed by atoms with Crippen molar-refractivity contribution in [2.45, 2.75) is 31.8 Å². The molecule has 120 valence electrons. The Bertz CT molecular complexity index is 402. The molecular formula is C12H21N3O5S. The number of rotatable bonds is 10. The summed E-state index contributed by atoms with van der Waals surface area (Å²) < 4.78 is 0. The van der Waals surface area contributed by atoms with Crippen LogP contribution in [-0.4, -0.2) is 59.3 Å². The monoisotopic (exact) mass is 319 g/mol. The van der Waals surface area contributed by atoms with E-state index in [4.69, 9.17) is 10.8 Å². The van der Waals surface area contributed by atoms with Gasteiger partial charge in [0.15, 0.2) is 0 Å². The molecule has 0 aromatic carbocycles. The second-order valence-electron chi connectivity index (χ2n) is 4.44. The number of thioether (sulfide) groups is 1. The van der Waals surface area contributed by atoms with E-state index in [1.807, 2.05) is 0 Å². The van der Waals surface area contributed by atoms with E-state index in [9.17, 15) is 19.2 Å². The fraction of sp³-hybridized carbons (Fsp3) is 0.667. The minimum Gasteiger partial charge on any atom is -0.480 e. The lowest BCUT2D eigenvalue weighted by Gasteiger charge is -2.17. The van der Waals surface area contributed by atoms with Gasteiger partial charge in [-0.05, 0) is 19.6 Å². The summed E-state index contributed by atoms with van der Waals surface area (Å²) in [5, 5.41) is 13.2. The van der Waals surface area contributed by atoms with Crippen molar-refractivity contribution in [3.05, 3.63) is 0 Å². The van der Waals surface area contributed by atoms with E-state index in [0.29, 0.717) is 5.75 Å². The molecular weight excluding hydrogens is 298 g/mol. The molecule has 0 saturated heterocycles. The molecule has 21 heavy (non-hydrogen) atoms. The van der Waals surface area contributed by atoms with Crippen molar-refractivity contribution >= 4 is 35.3 Å². The van der Waals surface area contributed by atoms with Gasteiger partial charge < -0.3 is 21.5 Å². The van der Waals surface area contributed by atoms with Crippen LogP contribution >= 0.6 is 11.8 Å². The maximum absolute atomic E-state index is 11.7. The largest absolute Gasteiger partial charge is 0.480 e. The topological polar surface area (TPSA) is 139 Å². The van der Waals surface area contributed by atoms with E-state index in [0.717, 1.165) is 0 Å². The van der Waals surface area contributed by atoms with Crippen LogP contribution in [0.1, 0.15) is 19.8 Å². The van der Waals surface area contributed by atoms with Crippen LogP contribution < -0.4 is 16.4 Å². The minimum absolute atomic E-state index is 0.0256. The molecule has 2 unspecified atom stereocenters. The van der Waals surface area contributed by atoms with E-state index in [1.54, 1.807) is 6.26 Å². The molecule has 0 aliphatic carbocycles. The highest BCUT2D eigenvalue weighted by molar-refractivity contribution is 7.98. The normalized spacial score (nSPS) is 13.1. The smallest absolute Gasteiger partial charge is 0.322 e. The Labute approximate surface area is 127 Å². The molecule has 0 rings (SSSR count). The fourth-order valence-electron chi connectivity index (χ4n) is 1.39. The third-order valence-electron chi connectivity index (χ3n) is 2.60. The highest BCUT2D eigenvalue weighted by atomic mass is 32.2. The summed E-state index contributed by atoms with van der Waals surface area (Å²) in [5.74, 6) is -2.02. The van der Waals surface area contributed by atoms with Crippen LogP contribution in [0, 0.1) is 0 Å². The van der Waals surface area contributed by atoms with Crippen LogP contribution in [0.3, 0.4) is 0 Å². The summed E-state index contributed by atoms with van der Waals surface area (Å²) in [6.07, 6.45) is 1.98. The number of carboxylic acid groups (broad SMARTS) is 1. The van der Waals surface area contributed by atoms with Gasteiger partial charge in [0.2, 0.25) is 11.8 Å². The molecule has 0 bridgehead atoms. The lowest BCUT2D eigenvalue weighted by atomic mass is 10.1. The third kappa shape index (κ3) is 9.03. The number of carbonyl (C=O) groups is 4. The van der Waals surface area contributed by atoms with Gasteiger partial charge in [-0.3, -0.25) is 19.2 Å². The molecule has 0 aliphatic heterocycles. The summed E-state index contributed by atoms with van der Waals surface area (Å²) in [6, 6.07) is -1.52. The van der Waals surface area contributed by atoms with Crippen molar-refractivity contribution < 1.29 is 24.3 Å². The van der Waals surface area contributed by atoms with Crippen molar-refractivity contribution in [3.8, 4) is 0 Å². The predicted molar refractivity (Wildman–Crippen MR) is 78.8 cm³/mol. The Morgan fingerprint density at radius 1 is 1.29 bits per heavy atom. The van der Waals surface area contributed by atoms with Crippen LogP contribution in [0.25, 0.3) is 0 Å². The average Bonchev–Trinajstić information content (AvgIpc) is 2.41. The zero-order valence-electron chi connectivity index (χ0n) is 12.0. The minimum atomic E-state index is -1.16. The van der Waals surface area contributed by atoms with Gasteiger partial charge >= 0.3 is 5.97 Å². The van der Waals surface area contributed by atoms with Crippen LogP contribution in [0.5, 0.6) is 0 Å². The molecule has 5 N–H and O–H groups in total. The lowest BCUT2D eigenvalue weighted by Crippen LogP contribution is -2.49. The molecule has 0 aromatic heterocycles. The maximum Gasteiger partial charge on any atom is 0.322 e. The quantitative estimate of drug-likeness (QED) is 0.394. The van der Waals surface area contributed by atoms with E-state index in [-0.39, 0.29) is 18.6 Å². The Morgan fingerprint density at radius 2 is 1.90 bits per heavy atom. The molecule has 9 heteroatoms. The first kappa shape index (κ1) is 19.4. The predicted octanol–water partition coefficient (Wildman–Crippen LogP) is -1.27. The first-order valence-electron chi connectivity index (χ1n) is 6.31. The highest BCUT2D eigenvalue weighted by Gasteiger charge is 2.21. The van der Waals surface area contributed by atoms with Gasteiger partial charge in [-0.25, -0.2) is 0 Å². The summed E-state index contributed by atoms with van der Waals surface area (Å²) in [6.45, 7) is 0.841. The van der Waals surface area contributed by atoms with E-state index < -0.39 is 36.4 Å². The number of carboxylic acids is 1. The van der Waals surface area contributed by atoms with Gasteiger partial charge in [-0.15, -0.1) is 0 Å². The molecule has 0 saturated carbocycles. The van der Waals surface area contributed by atoms with Crippen molar-refractivity contribution in [3.63, 3.8) is 0 Å². The number of nitrogens with two attached hydrogens (primary N) is 1. The highest BCUT2D eigenvalue weighted by Crippen LogP contribution is 2.01. The number of hydrogen-bond acceptors (Lipinski definition) is 6. The summed E-state index contributed by atoms with van der Waals surface area (Å²) in [7, 11) is 0. The Hall–Kier alpha value is -1.61. The van der Waals surface area contributed by atoms with Crippen LogP contribution in [0.15, 0.2) is 0 Å². The molecule has 0 fully saturated rings. The van der Waals surface area contributed by atoms with Crippen molar-refractivity contribution in [2.75, 3.05) is 18.6 Å². The number of carbonyl (C=O) groups excluding carboxylic acids is 3. The van der Waals surface area contributed by atoms with Gasteiger partial charge in [0, 0.05) is 12.2 Å². The number of aliphatic carboxylic acids is 1. The number of amides is 2. The van der Waals surface area contributed by atoms with Crippen molar-refractivity contribution in [2.24, 2.45) is 5.73 Å². The summed E-state index contributed by atoms with van der Waals surface area (Å²) >= 11 is 1.34. The SMILES string of the molecule is CSCC(NC(=O)CCC(N)C(C)=O)C(=O)NCC(=O)O. The van der Waals surface area contributed by atoms with Crippen molar-refractivity contribution in [1.82, 2.24) is 10.6 Å². The summed E-state index contributed by atoms with van der Waals surface area (Å²) in [4.78, 5) is 44.8. The van der Waals surface area contributed by atoms with E-state index in [1.165, 1.54) is 18.7 Å². The van der Waals surface area contributed by atoms with Gasteiger partial charge in [0.25, 0.3) is 0 Å². The first-order chi connectivity index (χ1) is 9.77. The second-order valence-corrected chi connectivity index (χ2v) is 5.35. The second kappa shape index (κ2) is 10.2. The van der Waals surface area contributed by atoms with Gasteiger partial charge in [0.05, 0.1) is 6.04 Å².